The van der Waals surface area contributed by atoms with Gasteiger partial charge in [0.2, 0.25) is 0 Å². The van der Waals surface area contributed by atoms with E-state index in [0.29, 0.717) is 12.8 Å². The van der Waals surface area contributed by atoms with Gasteiger partial charge in [0.25, 0.3) is 0 Å². The third kappa shape index (κ3) is 5.68. The number of hydrogen-bond acceptors (Lipinski definition) is 4. The van der Waals surface area contributed by atoms with Gasteiger partial charge in [-0.1, -0.05) is 60.7 Å². The van der Waals surface area contributed by atoms with Crippen LogP contribution < -0.4 is 0 Å². The number of rotatable bonds is 8. The Bertz CT molecular complexity index is 682. The Balaban J connectivity index is 2.44. The van der Waals surface area contributed by atoms with Crippen molar-refractivity contribution in [3.63, 3.8) is 0 Å². The fourth-order valence-corrected chi connectivity index (χ4v) is 2.48. The standard InChI is InChI=1S/C21H23NO3/c1-3-25-21(24)19(15-14-16(2)23)22-20(17-10-6-4-7-11-17)18-12-8-5-9-13-18/h4-13,19H,3,14-15H2,1-2H3/t19-/m0/s1. The molecule has 0 fully saturated rings. The molecule has 0 spiro atoms. The largest absolute Gasteiger partial charge is 0.464 e. The Morgan fingerprint density at radius 3 is 1.92 bits per heavy atom. The lowest BCUT2D eigenvalue weighted by Gasteiger charge is -2.14. The van der Waals surface area contributed by atoms with Crippen LogP contribution in [0.15, 0.2) is 65.7 Å². The fourth-order valence-electron chi connectivity index (χ4n) is 2.48. The number of hydrogen-bond donors (Lipinski definition) is 0. The number of ketones is 1. The number of esters is 1. The van der Waals surface area contributed by atoms with Crippen LogP contribution >= 0.6 is 0 Å². The lowest BCUT2D eigenvalue weighted by atomic mass is 10.0. The highest BCUT2D eigenvalue weighted by Gasteiger charge is 2.21. The first-order valence-electron chi connectivity index (χ1n) is 8.46. The topological polar surface area (TPSA) is 55.7 Å². The van der Waals surface area contributed by atoms with E-state index < -0.39 is 12.0 Å². The van der Waals surface area contributed by atoms with E-state index in [2.05, 4.69) is 0 Å². The van der Waals surface area contributed by atoms with Gasteiger partial charge in [0.05, 0.1) is 12.3 Å². The molecule has 25 heavy (non-hydrogen) atoms. The van der Waals surface area contributed by atoms with E-state index in [1.807, 2.05) is 60.7 Å². The Morgan fingerprint density at radius 1 is 0.960 bits per heavy atom. The highest BCUT2D eigenvalue weighted by molar-refractivity contribution is 6.13. The smallest absolute Gasteiger partial charge is 0.330 e. The lowest BCUT2D eigenvalue weighted by Crippen LogP contribution is -2.24. The molecular formula is C21H23NO3. The average molecular weight is 337 g/mol. The highest BCUT2D eigenvalue weighted by Crippen LogP contribution is 2.15. The van der Waals surface area contributed by atoms with Crippen molar-refractivity contribution >= 4 is 17.5 Å². The van der Waals surface area contributed by atoms with Gasteiger partial charge in [-0.25, -0.2) is 4.79 Å². The average Bonchev–Trinajstić information content (AvgIpc) is 2.63. The molecule has 130 valence electrons. The third-order valence-corrected chi connectivity index (χ3v) is 3.71. The van der Waals surface area contributed by atoms with Crippen molar-refractivity contribution in [2.45, 2.75) is 32.7 Å². The van der Waals surface area contributed by atoms with Gasteiger partial charge in [-0.3, -0.25) is 4.99 Å². The minimum Gasteiger partial charge on any atom is -0.464 e. The molecule has 1 atom stereocenters. The molecule has 0 aliphatic heterocycles. The molecule has 2 aromatic rings. The van der Waals surface area contributed by atoms with Crippen molar-refractivity contribution in [3.8, 4) is 0 Å². The number of carbonyl (C=O) groups excluding carboxylic acids is 2. The number of nitrogens with zero attached hydrogens (tertiary/aromatic N) is 1. The van der Waals surface area contributed by atoms with E-state index >= 15 is 0 Å². The summed E-state index contributed by atoms with van der Waals surface area (Å²) in [4.78, 5) is 28.4. The molecule has 0 aliphatic rings. The Hall–Kier alpha value is -2.75. The summed E-state index contributed by atoms with van der Waals surface area (Å²) in [7, 11) is 0. The number of benzene rings is 2. The minimum atomic E-state index is -0.695. The van der Waals surface area contributed by atoms with E-state index in [9.17, 15) is 9.59 Å². The molecule has 0 aliphatic carbocycles. The maximum atomic E-state index is 12.3. The van der Waals surface area contributed by atoms with Gasteiger partial charge in [0.1, 0.15) is 11.8 Å². The van der Waals surface area contributed by atoms with Gasteiger partial charge in [-0.2, -0.15) is 0 Å². The molecule has 2 aromatic carbocycles. The predicted octanol–water partition coefficient (Wildman–Crippen LogP) is 3.82. The van der Waals surface area contributed by atoms with E-state index in [0.717, 1.165) is 16.8 Å². The zero-order valence-electron chi connectivity index (χ0n) is 14.6. The monoisotopic (exact) mass is 337 g/mol. The molecule has 0 amide bonds. The van der Waals surface area contributed by atoms with Crippen LogP contribution in [0.5, 0.6) is 0 Å². The third-order valence-electron chi connectivity index (χ3n) is 3.71. The molecule has 0 bridgehead atoms. The van der Waals surface area contributed by atoms with Gasteiger partial charge in [0, 0.05) is 17.5 Å². The Kier molecular flexibility index (Phi) is 7.08. The van der Waals surface area contributed by atoms with Crippen molar-refractivity contribution in [1.82, 2.24) is 0 Å². The van der Waals surface area contributed by atoms with Crippen LogP contribution in [0.3, 0.4) is 0 Å². The molecule has 2 rings (SSSR count). The maximum absolute atomic E-state index is 12.3. The van der Waals surface area contributed by atoms with Crippen LogP contribution in [0, 0.1) is 0 Å². The van der Waals surface area contributed by atoms with Crippen LogP contribution in [0.1, 0.15) is 37.8 Å². The summed E-state index contributed by atoms with van der Waals surface area (Å²) in [5, 5.41) is 0. The van der Waals surface area contributed by atoms with E-state index in [1.54, 1.807) is 6.92 Å². The van der Waals surface area contributed by atoms with Crippen LogP contribution in [0.4, 0.5) is 0 Å². The van der Waals surface area contributed by atoms with Crippen molar-refractivity contribution in [2.75, 3.05) is 6.61 Å². The highest BCUT2D eigenvalue weighted by atomic mass is 16.5. The van der Waals surface area contributed by atoms with Gasteiger partial charge in [0.15, 0.2) is 0 Å². The van der Waals surface area contributed by atoms with Crippen molar-refractivity contribution in [1.29, 1.82) is 0 Å². The summed E-state index contributed by atoms with van der Waals surface area (Å²) in [5.74, 6) is -0.362. The van der Waals surface area contributed by atoms with Gasteiger partial charge in [-0.05, 0) is 20.3 Å². The Labute approximate surface area is 148 Å². The summed E-state index contributed by atoms with van der Waals surface area (Å²) < 4.78 is 5.15. The number of ether oxygens (including phenoxy) is 1. The number of Topliss-reactive ketones (excluding diaryl/α,β-unsaturated/α-hetero) is 1. The zero-order valence-corrected chi connectivity index (χ0v) is 14.6. The number of carbonyl (C=O) groups is 2. The van der Waals surface area contributed by atoms with Crippen molar-refractivity contribution < 1.29 is 14.3 Å². The summed E-state index contributed by atoms with van der Waals surface area (Å²) in [6.07, 6.45) is 0.640. The van der Waals surface area contributed by atoms with Gasteiger partial charge in [-0.15, -0.1) is 0 Å². The molecule has 4 nitrogen and oxygen atoms in total. The quantitative estimate of drug-likeness (QED) is 0.543. The first-order valence-corrected chi connectivity index (χ1v) is 8.46. The molecule has 0 saturated heterocycles. The lowest BCUT2D eigenvalue weighted by molar-refractivity contribution is -0.144. The summed E-state index contributed by atoms with van der Waals surface area (Å²) in [5.41, 5.74) is 2.57. The fraction of sp³-hybridized carbons (Fsp3) is 0.286. The second kappa shape index (κ2) is 9.52. The van der Waals surface area contributed by atoms with Gasteiger partial charge < -0.3 is 9.53 Å². The molecule has 0 radical (unpaired) electrons. The van der Waals surface area contributed by atoms with Crippen LogP contribution in [0.25, 0.3) is 0 Å². The van der Waals surface area contributed by atoms with Gasteiger partial charge >= 0.3 is 5.97 Å². The predicted molar refractivity (Wildman–Crippen MR) is 98.9 cm³/mol. The SMILES string of the molecule is CCOC(=O)[C@H](CCC(C)=O)N=C(c1ccccc1)c1ccccc1. The normalized spacial score (nSPS) is 11.4. The zero-order chi connectivity index (χ0) is 18.1. The van der Waals surface area contributed by atoms with Crippen LogP contribution in [0.2, 0.25) is 0 Å². The molecule has 0 N–H and O–H groups in total. The van der Waals surface area contributed by atoms with Crippen LogP contribution in [-0.4, -0.2) is 30.1 Å². The molecule has 0 aromatic heterocycles. The second-order valence-corrected chi connectivity index (χ2v) is 5.72. The number of aliphatic imine (C=N–C) groups is 1. The van der Waals surface area contributed by atoms with Crippen LogP contribution in [-0.2, 0) is 14.3 Å². The van der Waals surface area contributed by atoms with E-state index in [1.165, 1.54) is 6.92 Å². The second-order valence-electron chi connectivity index (χ2n) is 5.72. The molecule has 4 heteroatoms. The van der Waals surface area contributed by atoms with E-state index in [-0.39, 0.29) is 12.4 Å². The summed E-state index contributed by atoms with van der Waals surface area (Å²) >= 11 is 0. The first-order chi connectivity index (χ1) is 12.1. The van der Waals surface area contributed by atoms with E-state index in [4.69, 9.17) is 9.73 Å². The summed E-state index contributed by atoms with van der Waals surface area (Å²) in [6, 6.07) is 18.7. The molecule has 0 saturated carbocycles. The molecule has 0 heterocycles. The summed E-state index contributed by atoms with van der Waals surface area (Å²) in [6.45, 7) is 3.57. The maximum Gasteiger partial charge on any atom is 0.330 e. The first kappa shape index (κ1) is 18.6. The minimum absolute atomic E-state index is 0.0328. The molecular weight excluding hydrogens is 314 g/mol. The Morgan fingerprint density at radius 2 is 1.48 bits per heavy atom. The van der Waals surface area contributed by atoms with Crippen molar-refractivity contribution in [3.05, 3.63) is 71.8 Å². The van der Waals surface area contributed by atoms with Crippen molar-refractivity contribution in [2.24, 2.45) is 4.99 Å². The molecule has 0 unspecified atom stereocenters.